The summed E-state index contributed by atoms with van der Waals surface area (Å²) in [4.78, 5) is 35.4. The van der Waals surface area contributed by atoms with Crippen molar-refractivity contribution in [3.05, 3.63) is 49.1 Å². The number of fused-ring (bicyclic) bond motifs is 1. The standard InChI is InChI=1S/C19H22O6/c1-6-19(5)7-13(24-17(22)11(3)9-21)14-12(4)18(23)25-16(14)15(19)10(2)8-20/h6,8,13-16,21H,1-4,7,9H2,5H3. The zero-order valence-corrected chi connectivity index (χ0v) is 14.2. The quantitative estimate of drug-likeness (QED) is 0.339. The van der Waals surface area contributed by atoms with Crippen molar-refractivity contribution in [2.24, 2.45) is 17.3 Å². The van der Waals surface area contributed by atoms with E-state index in [1.54, 1.807) is 6.08 Å². The number of hydrogen-bond acceptors (Lipinski definition) is 6. The van der Waals surface area contributed by atoms with Crippen LogP contribution in [-0.4, -0.2) is 42.1 Å². The Labute approximate surface area is 146 Å². The maximum absolute atomic E-state index is 12.1. The summed E-state index contributed by atoms with van der Waals surface area (Å²) in [5.41, 5.74) is -0.306. The largest absolute Gasteiger partial charge is 0.458 e. The third-order valence-corrected chi connectivity index (χ3v) is 5.10. The normalized spacial score (nSPS) is 33.8. The molecule has 2 aliphatic rings. The summed E-state index contributed by atoms with van der Waals surface area (Å²) in [6, 6.07) is 0. The van der Waals surface area contributed by atoms with E-state index in [-0.39, 0.29) is 16.7 Å². The van der Waals surface area contributed by atoms with E-state index >= 15 is 0 Å². The second-order valence-electron chi connectivity index (χ2n) is 6.71. The van der Waals surface area contributed by atoms with Gasteiger partial charge in [-0.1, -0.05) is 32.7 Å². The van der Waals surface area contributed by atoms with Crippen molar-refractivity contribution in [3.63, 3.8) is 0 Å². The van der Waals surface area contributed by atoms with Crippen molar-refractivity contribution in [1.82, 2.24) is 0 Å². The highest BCUT2D eigenvalue weighted by Crippen LogP contribution is 2.53. The van der Waals surface area contributed by atoms with E-state index in [4.69, 9.17) is 14.6 Å². The second kappa shape index (κ2) is 6.80. The Balaban J connectivity index is 2.45. The van der Waals surface area contributed by atoms with Gasteiger partial charge in [-0.3, -0.25) is 4.79 Å². The average Bonchev–Trinajstić information content (AvgIpc) is 2.88. The highest BCUT2D eigenvalue weighted by atomic mass is 16.6. The molecule has 6 nitrogen and oxygen atoms in total. The van der Waals surface area contributed by atoms with Crippen LogP contribution in [0.1, 0.15) is 13.3 Å². The lowest BCUT2D eigenvalue weighted by atomic mass is 9.59. The first-order valence-corrected chi connectivity index (χ1v) is 7.87. The molecule has 134 valence electrons. The Kier molecular flexibility index (Phi) is 5.13. The Bertz CT molecular complexity index is 675. The number of esters is 2. The Morgan fingerprint density at radius 2 is 2.12 bits per heavy atom. The van der Waals surface area contributed by atoms with Gasteiger partial charge in [-0.05, 0) is 17.4 Å². The first kappa shape index (κ1) is 18.9. The Morgan fingerprint density at radius 1 is 1.48 bits per heavy atom. The highest BCUT2D eigenvalue weighted by Gasteiger charge is 2.58. The number of hydrogen-bond donors (Lipinski definition) is 1. The summed E-state index contributed by atoms with van der Waals surface area (Å²) < 4.78 is 10.9. The predicted octanol–water partition coefficient (Wildman–Crippen LogP) is 1.51. The molecule has 1 saturated carbocycles. The molecule has 0 aromatic heterocycles. The van der Waals surface area contributed by atoms with Gasteiger partial charge in [0.25, 0.3) is 0 Å². The molecule has 1 N–H and O–H groups in total. The van der Waals surface area contributed by atoms with Gasteiger partial charge in [-0.15, -0.1) is 6.58 Å². The van der Waals surface area contributed by atoms with Crippen molar-refractivity contribution < 1.29 is 29.0 Å². The van der Waals surface area contributed by atoms with Gasteiger partial charge < -0.3 is 14.6 Å². The van der Waals surface area contributed by atoms with Gasteiger partial charge in [-0.2, -0.15) is 0 Å². The first-order valence-electron chi connectivity index (χ1n) is 7.87. The van der Waals surface area contributed by atoms with E-state index in [0.717, 1.165) is 0 Å². The van der Waals surface area contributed by atoms with E-state index in [2.05, 4.69) is 26.3 Å². The van der Waals surface area contributed by atoms with Crippen molar-refractivity contribution in [1.29, 1.82) is 0 Å². The molecule has 5 atom stereocenters. The van der Waals surface area contributed by atoms with Crippen LogP contribution in [0.2, 0.25) is 0 Å². The summed E-state index contributed by atoms with van der Waals surface area (Å²) in [6.45, 7) is 16.1. The number of ether oxygens (including phenoxy) is 2. The van der Waals surface area contributed by atoms with E-state index in [0.29, 0.717) is 12.7 Å². The maximum Gasteiger partial charge on any atom is 0.336 e. The second-order valence-corrected chi connectivity index (χ2v) is 6.71. The molecule has 5 unspecified atom stereocenters. The minimum Gasteiger partial charge on any atom is -0.458 e. The van der Waals surface area contributed by atoms with Crippen LogP contribution >= 0.6 is 0 Å². The summed E-state index contributed by atoms with van der Waals surface area (Å²) in [5, 5.41) is 9.05. The van der Waals surface area contributed by atoms with Gasteiger partial charge in [0.15, 0.2) is 0 Å². The van der Waals surface area contributed by atoms with Gasteiger partial charge in [-0.25, -0.2) is 9.59 Å². The van der Waals surface area contributed by atoms with E-state index < -0.39 is 48.0 Å². The van der Waals surface area contributed by atoms with Crippen LogP contribution in [0.15, 0.2) is 49.1 Å². The minimum atomic E-state index is -0.752. The molecule has 1 saturated heterocycles. The molecule has 1 heterocycles. The van der Waals surface area contributed by atoms with Gasteiger partial charge in [0.05, 0.1) is 18.1 Å². The average molecular weight is 346 g/mol. The molecule has 25 heavy (non-hydrogen) atoms. The number of aliphatic hydroxyl groups excluding tert-OH is 1. The van der Waals surface area contributed by atoms with Crippen LogP contribution in [-0.2, 0) is 23.9 Å². The van der Waals surface area contributed by atoms with Crippen LogP contribution < -0.4 is 0 Å². The monoisotopic (exact) mass is 346 g/mol. The van der Waals surface area contributed by atoms with Crippen molar-refractivity contribution in [2.75, 3.05) is 6.61 Å². The number of carbonyl (C=O) groups is 3. The van der Waals surface area contributed by atoms with Crippen LogP contribution in [0.4, 0.5) is 0 Å². The zero-order chi connectivity index (χ0) is 18.9. The van der Waals surface area contributed by atoms with Gasteiger partial charge in [0.2, 0.25) is 0 Å². The molecule has 1 aliphatic heterocycles. The van der Waals surface area contributed by atoms with Gasteiger partial charge >= 0.3 is 11.9 Å². The molecule has 0 spiro atoms. The third-order valence-electron chi connectivity index (χ3n) is 5.10. The molecule has 0 radical (unpaired) electrons. The fourth-order valence-corrected chi connectivity index (χ4v) is 3.70. The lowest BCUT2D eigenvalue weighted by Crippen LogP contribution is -2.51. The molecule has 1 aliphatic carbocycles. The fourth-order valence-electron chi connectivity index (χ4n) is 3.70. The number of carbonyl (C=O) groups excluding carboxylic acids is 3. The summed E-state index contributed by atoms with van der Waals surface area (Å²) >= 11 is 0. The number of allylic oxidation sites excluding steroid dienone is 1. The van der Waals surface area contributed by atoms with Crippen LogP contribution in [0.5, 0.6) is 0 Å². The van der Waals surface area contributed by atoms with Crippen molar-refractivity contribution >= 4 is 18.2 Å². The summed E-state index contributed by atoms with van der Waals surface area (Å²) in [7, 11) is 0. The molecule has 0 aromatic carbocycles. The SMILES string of the molecule is C=CC1(C)CC(OC(=O)C(=C)CO)C2C(=C)C(=O)OC2C1C(=C)C=O. The Hall–Kier alpha value is -2.47. The summed E-state index contributed by atoms with van der Waals surface area (Å²) in [6.07, 6.45) is 1.14. The molecule has 6 heteroatoms. The number of rotatable bonds is 6. The van der Waals surface area contributed by atoms with Crippen LogP contribution in [0.25, 0.3) is 0 Å². The molecule has 2 fully saturated rings. The molecule has 0 aromatic rings. The lowest BCUT2D eigenvalue weighted by molar-refractivity contribution is -0.159. The first-order chi connectivity index (χ1) is 11.7. The Morgan fingerprint density at radius 3 is 2.64 bits per heavy atom. The zero-order valence-electron chi connectivity index (χ0n) is 14.2. The molecular formula is C19H22O6. The van der Waals surface area contributed by atoms with E-state index in [1.165, 1.54) is 0 Å². The number of aldehydes is 1. The predicted molar refractivity (Wildman–Crippen MR) is 90.2 cm³/mol. The van der Waals surface area contributed by atoms with E-state index in [9.17, 15) is 14.4 Å². The molecular weight excluding hydrogens is 324 g/mol. The fraction of sp³-hybridized carbons (Fsp3) is 0.421. The van der Waals surface area contributed by atoms with E-state index in [1.807, 2.05) is 6.92 Å². The highest BCUT2D eigenvalue weighted by molar-refractivity contribution is 5.92. The van der Waals surface area contributed by atoms with Gasteiger partial charge in [0, 0.05) is 11.5 Å². The van der Waals surface area contributed by atoms with Crippen LogP contribution in [0.3, 0.4) is 0 Å². The maximum atomic E-state index is 12.1. The van der Waals surface area contributed by atoms with Crippen LogP contribution in [0, 0.1) is 17.3 Å². The minimum absolute atomic E-state index is 0.0906. The topological polar surface area (TPSA) is 89.9 Å². The molecule has 0 bridgehead atoms. The lowest BCUT2D eigenvalue weighted by Gasteiger charge is -2.47. The number of aliphatic hydroxyl groups is 1. The molecule has 2 rings (SSSR count). The molecule has 0 amide bonds. The summed E-state index contributed by atoms with van der Waals surface area (Å²) in [5.74, 6) is -2.43. The smallest absolute Gasteiger partial charge is 0.336 e. The van der Waals surface area contributed by atoms with Crippen molar-refractivity contribution in [3.8, 4) is 0 Å². The third kappa shape index (κ3) is 3.09. The van der Waals surface area contributed by atoms with Gasteiger partial charge in [0.1, 0.15) is 18.5 Å². The van der Waals surface area contributed by atoms with Crippen molar-refractivity contribution in [2.45, 2.75) is 25.6 Å².